The second kappa shape index (κ2) is 7.23. The van der Waals surface area contributed by atoms with Crippen LogP contribution in [0.1, 0.15) is 11.6 Å². The number of hydrogen-bond donors (Lipinski definition) is 0. The molecule has 0 bridgehead atoms. The van der Waals surface area contributed by atoms with E-state index in [0.717, 1.165) is 44.1 Å². The predicted octanol–water partition coefficient (Wildman–Crippen LogP) is 8.03. The molecule has 6 aromatic rings. The van der Waals surface area contributed by atoms with Crippen LogP contribution in [-0.2, 0) is 0 Å². The highest BCUT2D eigenvalue weighted by atomic mass is 16.3. The molecular weight excluding hydrogens is 416 g/mol. The zero-order valence-electron chi connectivity index (χ0n) is 18.3. The molecule has 7 rings (SSSR count). The summed E-state index contributed by atoms with van der Waals surface area (Å²) in [6, 6.07) is 33.9. The first kappa shape index (κ1) is 19.0. The van der Waals surface area contributed by atoms with Crippen LogP contribution in [0.2, 0.25) is 0 Å². The normalized spacial score (nSPS) is 18.0. The van der Waals surface area contributed by atoms with Crippen LogP contribution in [0, 0.1) is 17.2 Å². The molecule has 0 saturated heterocycles. The van der Waals surface area contributed by atoms with Crippen molar-refractivity contribution in [2.45, 2.75) is 6.04 Å². The van der Waals surface area contributed by atoms with Crippen LogP contribution in [0.25, 0.3) is 49.3 Å². The number of nitriles is 1. The van der Waals surface area contributed by atoms with Gasteiger partial charge in [-0.3, -0.25) is 0 Å². The molecule has 2 atom stereocenters. The molecular formula is C31H20N2O. The van der Waals surface area contributed by atoms with Crippen LogP contribution in [0.4, 0.5) is 0 Å². The zero-order valence-corrected chi connectivity index (χ0v) is 18.3. The third-order valence-electron chi connectivity index (χ3n) is 7.01. The maximum Gasteiger partial charge on any atom is 0.136 e. The van der Waals surface area contributed by atoms with E-state index >= 15 is 0 Å². The van der Waals surface area contributed by atoms with Crippen molar-refractivity contribution in [1.82, 2.24) is 4.57 Å². The Morgan fingerprint density at radius 2 is 1.35 bits per heavy atom. The van der Waals surface area contributed by atoms with E-state index in [1.807, 2.05) is 30.4 Å². The van der Waals surface area contributed by atoms with E-state index in [1.165, 1.54) is 10.8 Å². The fourth-order valence-electron chi connectivity index (χ4n) is 5.51. The van der Waals surface area contributed by atoms with Gasteiger partial charge in [0.05, 0.1) is 18.0 Å². The van der Waals surface area contributed by atoms with Crippen LogP contribution >= 0.6 is 0 Å². The minimum absolute atomic E-state index is 0.151. The minimum atomic E-state index is -0.286. The molecule has 0 aliphatic heterocycles. The van der Waals surface area contributed by atoms with E-state index in [2.05, 4.69) is 89.5 Å². The molecule has 3 heteroatoms. The topological polar surface area (TPSA) is 41.9 Å². The summed E-state index contributed by atoms with van der Waals surface area (Å²) in [6.45, 7) is 0. The van der Waals surface area contributed by atoms with Gasteiger partial charge in [-0.1, -0.05) is 78.9 Å². The van der Waals surface area contributed by atoms with Crippen molar-refractivity contribution >= 4 is 49.3 Å². The molecule has 4 aromatic carbocycles. The monoisotopic (exact) mass is 436 g/mol. The molecule has 0 fully saturated rings. The summed E-state index contributed by atoms with van der Waals surface area (Å²) in [4.78, 5) is 0. The summed E-state index contributed by atoms with van der Waals surface area (Å²) >= 11 is 0. The lowest BCUT2D eigenvalue weighted by Crippen LogP contribution is -2.20. The molecule has 160 valence electrons. The number of para-hydroxylation sites is 3. The average Bonchev–Trinajstić information content (AvgIpc) is 3.43. The van der Waals surface area contributed by atoms with Crippen molar-refractivity contribution in [1.29, 1.82) is 5.26 Å². The zero-order chi connectivity index (χ0) is 22.6. The molecule has 0 saturated carbocycles. The quantitative estimate of drug-likeness (QED) is 0.276. The third-order valence-corrected chi connectivity index (χ3v) is 7.01. The SMILES string of the molecule is N#CC1C=CC=C(c2ccc3c(c2)oc2ccccc23)C1n1c2ccccc2c2ccccc21. The molecule has 0 radical (unpaired) electrons. The minimum Gasteiger partial charge on any atom is -0.456 e. The molecule has 2 aromatic heterocycles. The van der Waals surface area contributed by atoms with Crippen LogP contribution in [-0.4, -0.2) is 4.57 Å². The van der Waals surface area contributed by atoms with Crippen molar-refractivity contribution in [3.05, 3.63) is 115 Å². The van der Waals surface area contributed by atoms with Crippen molar-refractivity contribution < 1.29 is 4.42 Å². The van der Waals surface area contributed by atoms with Gasteiger partial charge in [-0.2, -0.15) is 5.26 Å². The number of fused-ring (bicyclic) bond motifs is 6. The number of aromatic nitrogens is 1. The van der Waals surface area contributed by atoms with Crippen LogP contribution in [0.3, 0.4) is 0 Å². The fraction of sp³-hybridized carbons (Fsp3) is 0.0645. The maximum absolute atomic E-state index is 10.2. The number of hydrogen-bond acceptors (Lipinski definition) is 2. The van der Waals surface area contributed by atoms with Gasteiger partial charge in [0.2, 0.25) is 0 Å². The van der Waals surface area contributed by atoms with Gasteiger partial charge in [0.15, 0.2) is 0 Å². The van der Waals surface area contributed by atoms with E-state index in [4.69, 9.17) is 4.42 Å². The number of benzene rings is 4. The maximum atomic E-state index is 10.2. The van der Waals surface area contributed by atoms with E-state index in [-0.39, 0.29) is 12.0 Å². The number of rotatable bonds is 2. The summed E-state index contributed by atoms with van der Waals surface area (Å²) in [5.41, 5.74) is 6.22. The first-order valence-corrected chi connectivity index (χ1v) is 11.5. The molecule has 34 heavy (non-hydrogen) atoms. The van der Waals surface area contributed by atoms with Gasteiger partial charge in [0.1, 0.15) is 11.2 Å². The highest BCUT2D eigenvalue weighted by molar-refractivity contribution is 6.09. The average molecular weight is 437 g/mol. The molecule has 2 heterocycles. The van der Waals surface area contributed by atoms with E-state index in [0.29, 0.717) is 0 Å². The Labute approximate surface area is 196 Å². The highest BCUT2D eigenvalue weighted by Crippen LogP contribution is 2.43. The Balaban J connectivity index is 1.49. The van der Waals surface area contributed by atoms with Gasteiger partial charge in [0, 0.05) is 32.6 Å². The molecule has 0 N–H and O–H groups in total. The van der Waals surface area contributed by atoms with Crippen LogP contribution in [0.15, 0.2) is 114 Å². The second-order valence-electron chi connectivity index (χ2n) is 8.82. The lowest BCUT2D eigenvalue weighted by molar-refractivity contribution is 0.576. The van der Waals surface area contributed by atoms with Crippen LogP contribution < -0.4 is 0 Å². The predicted molar refractivity (Wildman–Crippen MR) is 138 cm³/mol. The summed E-state index contributed by atoms with van der Waals surface area (Å²) in [6.07, 6.45) is 6.17. The third kappa shape index (κ3) is 2.63. The van der Waals surface area contributed by atoms with E-state index in [1.54, 1.807) is 0 Å². The number of nitrogens with zero attached hydrogens (tertiary/aromatic N) is 2. The summed E-state index contributed by atoms with van der Waals surface area (Å²) in [5.74, 6) is -0.286. The van der Waals surface area contributed by atoms with Crippen molar-refractivity contribution in [2.24, 2.45) is 5.92 Å². The Morgan fingerprint density at radius 3 is 2.09 bits per heavy atom. The fourth-order valence-corrected chi connectivity index (χ4v) is 5.51. The molecule has 2 unspecified atom stereocenters. The van der Waals surface area contributed by atoms with Crippen LogP contribution in [0.5, 0.6) is 0 Å². The van der Waals surface area contributed by atoms with Gasteiger partial charge >= 0.3 is 0 Å². The first-order chi connectivity index (χ1) is 16.8. The van der Waals surface area contributed by atoms with Gasteiger partial charge in [0.25, 0.3) is 0 Å². The van der Waals surface area contributed by atoms with E-state index in [9.17, 15) is 5.26 Å². The molecule has 1 aliphatic rings. The largest absolute Gasteiger partial charge is 0.456 e. The lowest BCUT2D eigenvalue weighted by Gasteiger charge is -2.29. The Morgan fingerprint density at radius 1 is 0.706 bits per heavy atom. The molecule has 3 nitrogen and oxygen atoms in total. The van der Waals surface area contributed by atoms with Gasteiger partial charge in [-0.15, -0.1) is 0 Å². The van der Waals surface area contributed by atoms with Gasteiger partial charge < -0.3 is 8.98 Å². The smallest absolute Gasteiger partial charge is 0.136 e. The van der Waals surface area contributed by atoms with E-state index < -0.39 is 0 Å². The summed E-state index contributed by atoms with van der Waals surface area (Å²) in [5, 5.41) is 14.8. The van der Waals surface area contributed by atoms with Gasteiger partial charge in [-0.05, 0) is 41.5 Å². The number of furan rings is 1. The standard InChI is InChI=1S/C31H20N2O/c32-19-21-8-7-12-22(20-16-17-26-25-11-3-6-15-29(25)34-30(26)18-20)31(21)33-27-13-4-1-9-23(27)24-10-2-5-14-28(24)33/h1-18,21,31H. The molecule has 1 aliphatic carbocycles. The Kier molecular flexibility index (Phi) is 4.03. The van der Waals surface area contributed by atoms with Crippen molar-refractivity contribution in [3.63, 3.8) is 0 Å². The molecule has 0 spiro atoms. The number of allylic oxidation sites excluding steroid dienone is 4. The lowest BCUT2D eigenvalue weighted by atomic mass is 9.84. The van der Waals surface area contributed by atoms with Crippen molar-refractivity contribution in [3.8, 4) is 6.07 Å². The van der Waals surface area contributed by atoms with Gasteiger partial charge in [-0.25, -0.2) is 0 Å². The highest BCUT2D eigenvalue weighted by Gasteiger charge is 2.31. The Bertz CT molecular complexity index is 1790. The molecule has 0 amide bonds. The first-order valence-electron chi connectivity index (χ1n) is 11.5. The summed E-state index contributed by atoms with van der Waals surface area (Å²) in [7, 11) is 0. The summed E-state index contributed by atoms with van der Waals surface area (Å²) < 4.78 is 8.53. The second-order valence-corrected chi connectivity index (χ2v) is 8.82. The Hall–Kier alpha value is -4.55. The van der Waals surface area contributed by atoms with Crippen molar-refractivity contribution in [2.75, 3.05) is 0 Å².